The highest BCUT2D eigenvalue weighted by atomic mass is 32.2. The van der Waals surface area contributed by atoms with Crippen LogP contribution in [0.25, 0.3) is 0 Å². The first-order valence-electron chi connectivity index (χ1n) is 11.7. The summed E-state index contributed by atoms with van der Waals surface area (Å²) in [4.78, 5) is 14.5. The van der Waals surface area contributed by atoms with E-state index in [0.29, 0.717) is 17.9 Å². The van der Waals surface area contributed by atoms with Crippen molar-refractivity contribution in [3.8, 4) is 17.2 Å². The Morgan fingerprint density at radius 1 is 1.03 bits per heavy atom. The molecule has 0 radical (unpaired) electrons. The Kier molecular flexibility index (Phi) is 5.50. The van der Waals surface area contributed by atoms with Crippen LogP contribution >= 0.6 is 0 Å². The largest absolute Gasteiger partial charge is 0.491 e. The first-order chi connectivity index (χ1) is 17.0. The average molecular weight is 492 g/mol. The van der Waals surface area contributed by atoms with E-state index in [2.05, 4.69) is 17.0 Å². The normalized spacial score (nSPS) is 18.3. The summed E-state index contributed by atoms with van der Waals surface area (Å²) in [5.74, 6) is 1.93. The molecule has 0 saturated heterocycles. The van der Waals surface area contributed by atoms with Crippen LogP contribution < -0.4 is 14.2 Å². The quantitative estimate of drug-likeness (QED) is 0.486. The molecule has 0 N–H and O–H groups in total. The first-order valence-corrected chi connectivity index (χ1v) is 13.4. The number of benzene rings is 3. The lowest BCUT2D eigenvalue weighted by atomic mass is 9.83. The molecule has 6 rings (SSSR count). The molecule has 0 saturated carbocycles. The van der Waals surface area contributed by atoms with Crippen LogP contribution in [0.3, 0.4) is 0 Å². The number of rotatable bonds is 6. The Morgan fingerprint density at radius 2 is 1.83 bits per heavy atom. The molecule has 3 heterocycles. The van der Waals surface area contributed by atoms with E-state index in [-0.39, 0.29) is 30.1 Å². The van der Waals surface area contributed by atoms with Crippen LogP contribution in [0.4, 0.5) is 0 Å². The Labute approximate surface area is 204 Å². The van der Waals surface area contributed by atoms with Crippen molar-refractivity contribution in [1.29, 1.82) is 0 Å². The molecule has 7 nitrogen and oxygen atoms in total. The van der Waals surface area contributed by atoms with Gasteiger partial charge in [-0.2, -0.15) is 0 Å². The minimum Gasteiger partial charge on any atom is -0.491 e. The maximum atomic E-state index is 12.7. The van der Waals surface area contributed by atoms with Gasteiger partial charge >= 0.3 is 0 Å². The molecule has 180 valence electrons. The summed E-state index contributed by atoms with van der Waals surface area (Å²) >= 11 is 0. The number of hydrogen-bond donors (Lipinski definition) is 0. The van der Waals surface area contributed by atoms with Gasteiger partial charge in [0, 0.05) is 24.7 Å². The van der Waals surface area contributed by atoms with E-state index >= 15 is 0 Å². The fraction of sp³-hybridized carbons (Fsp3) is 0.296. The van der Waals surface area contributed by atoms with E-state index in [1.165, 1.54) is 11.1 Å². The first kappa shape index (κ1) is 22.1. The number of ether oxygens (including phenoxy) is 3. The maximum Gasteiger partial charge on any atom is 0.231 e. The highest BCUT2D eigenvalue weighted by Crippen LogP contribution is 2.45. The van der Waals surface area contributed by atoms with Crippen molar-refractivity contribution in [2.75, 3.05) is 25.7 Å². The second-order valence-electron chi connectivity index (χ2n) is 9.06. The number of nitrogens with zero attached hydrogens (tertiary/aromatic N) is 1. The molecular formula is C27H25NO6S. The van der Waals surface area contributed by atoms with Crippen molar-refractivity contribution in [3.63, 3.8) is 0 Å². The molecule has 1 unspecified atom stereocenters. The van der Waals surface area contributed by atoms with E-state index in [1.807, 2.05) is 6.07 Å². The summed E-state index contributed by atoms with van der Waals surface area (Å²) in [5, 5.41) is 0. The molecule has 0 fully saturated rings. The van der Waals surface area contributed by atoms with Crippen molar-refractivity contribution in [2.24, 2.45) is 0 Å². The summed E-state index contributed by atoms with van der Waals surface area (Å²) in [7, 11) is -3.47. The molecule has 0 amide bonds. The standard InChI is InChI=1S/C27H25NO6S/c29-16-20-7-6-18-12-24-22-14-26-25(33-17-34-26)13-19(22)8-9-28(24)15-23(18)27(20)32-10-11-35(30,31)21-4-2-1-3-5-21/h1-7,13-14,16,24H,8-12,15,17H2. The van der Waals surface area contributed by atoms with Gasteiger partial charge in [0.25, 0.3) is 0 Å². The van der Waals surface area contributed by atoms with Gasteiger partial charge in [-0.3, -0.25) is 9.69 Å². The van der Waals surface area contributed by atoms with Gasteiger partial charge in [0.2, 0.25) is 6.79 Å². The molecule has 0 aromatic heterocycles. The lowest BCUT2D eigenvalue weighted by Crippen LogP contribution is -2.39. The van der Waals surface area contributed by atoms with Crippen molar-refractivity contribution in [3.05, 3.63) is 82.4 Å². The van der Waals surface area contributed by atoms with E-state index in [1.54, 1.807) is 36.4 Å². The van der Waals surface area contributed by atoms with Crippen LogP contribution in [0.5, 0.6) is 17.2 Å². The van der Waals surface area contributed by atoms with Gasteiger partial charge in [-0.15, -0.1) is 0 Å². The highest BCUT2D eigenvalue weighted by molar-refractivity contribution is 7.91. The number of sulfone groups is 1. The van der Waals surface area contributed by atoms with Gasteiger partial charge in [-0.25, -0.2) is 8.42 Å². The van der Waals surface area contributed by atoms with Crippen molar-refractivity contribution in [2.45, 2.75) is 30.3 Å². The number of aldehydes is 1. The summed E-state index contributed by atoms with van der Waals surface area (Å²) in [5.41, 5.74) is 5.06. The molecule has 8 heteroatoms. The second-order valence-corrected chi connectivity index (χ2v) is 11.2. The third-order valence-corrected chi connectivity index (χ3v) is 8.79. The molecule has 0 bridgehead atoms. The third kappa shape index (κ3) is 3.96. The zero-order valence-electron chi connectivity index (χ0n) is 19.1. The molecule has 1 atom stereocenters. The third-order valence-electron chi connectivity index (χ3n) is 7.09. The van der Waals surface area contributed by atoms with E-state index in [0.717, 1.165) is 48.3 Å². The van der Waals surface area contributed by atoms with Crippen LogP contribution in [0.2, 0.25) is 0 Å². The minimum absolute atomic E-state index is 0.0236. The van der Waals surface area contributed by atoms with Gasteiger partial charge in [-0.05, 0) is 59.9 Å². The van der Waals surface area contributed by atoms with Crippen LogP contribution in [0.15, 0.2) is 59.5 Å². The molecule has 3 aromatic rings. The van der Waals surface area contributed by atoms with E-state index in [9.17, 15) is 13.2 Å². The van der Waals surface area contributed by atoms with Gasteiger partial charge in [0.15, 0.2) is 27.6 Å². The lowest BCUT2D eigenvalue weighted by molar-refractivity contribution is 0.111. The number of hydrogen-bond acceptors (Lipinski definition) is 7. The molecule has 0 spiro atoms. The molecule has 35 heavy (non-hydrogen) atoms. The van der Waals surface area contributed by atoms with Gasteiger partial charge in [0.05, 0.1) is 16.2 Å². The van der Waals surface area contributed by atoms with Gasteiger partial charge in [0.1, 0.15) is 12.4 Å². The zero-order valence-corrected chi connectivity index (χ0v) is 19.9. The second kappa shape index (κ2) is 8.70. The Bertz CT molecular complexity index is 1400. The van der Waals surface area contributed by atoms with Gasteiger partial charge < -0.3 is 14.2 Å². The number of carbonyl (C=O) groups excluding carboxylic acids is 1. The highest BCUT2D eigenvalue weighted by Gasteiger charge is 2.35. The Hall–Kier alpha value is -3.36. The predicted molar refractivity (Wildman–Crippen MR) is 129 cm³/mol. The van der Waals surface area contributed by atoms with E-state index in [4.69, 9.17) is 14.2 Å². The van der Waals surface area contributed by atoms with Gasteiger partial charge in [-0.1, -0.05) is 24.3 Å². The van der Waals surface area contributed by atoms with Crippen molar-refractivity contribution in [1.82, 2.24) is 4.90 Å². The summed E-state index contributed by atoms with van der Waals surface area (Å²) < 4.78 is 42.5. The minimum atomic E-state index is -3.47. The average Bonchev–Trinajstić information content (AvgIpc) is 3.34. The Morgan fingerprint density at radius 3 is 2.63 bits per heavy atom. The fourth-order valence-corrected chi connectivity index (χ4v) is 6.41. The fourth-order valence-electron chi connectivity index (χ4n) is 5.30. The van der Waals surface area contributed by atoms with Crippen molar-refractivity contribution < 1.29 is 27.4 Å². The van der Waals surface area contributed by atoms with Crippen LogP contribution in [0.1, 0.15) is 38.7 Å². The molecule has 3 aromatic carbocycles. The van der Waals surface area contributed by atoms with Crippen molar-refractivity contribution >= 4 is 16.1 Å². The van der Waals surface area contributed by atoms with Crippen LogP contribution in [-0.2, 0) is 29.2 Å². The lowest BCUT2D eigenvalue weighted by Gasteiger charge is -2.42. The maximum absolute atomic E-state index is 12.7. The summed E-state index contributed by atoms with van der Waals surface area (Å²) in [6, 6.07) is 16.5. The summed E-state index contributed by atoms with van der Waals surface area (Å²) in [6.07, 6.45) is 2.45. The van der Waals surface area contributed by atoms with Crippen LogP contribution in [-0.4, -0.2) is 45.3 Å². The monoisotopic (exact) mass is 491 g/mol. The SMILES string of the molecule is O=Cc1ccc2c(c1OCCS(=O)(=O)c1ccccc1)CN1CCc3cc4c(cc3C1C2)OCO4. The van der Waals surface area contributed by atoms with Crippen LogP contribution in [0, 0.1) is 0 Å². The topological polar surface area (TPSA) is 82.1 Å². The molecule has 3 aliphatic heterocycles. The molecule has 0 aliphatic carbocycles. The summed E-state index contributed by atoms with van der Waals surface area (Å²) in [6.45, 7) is 1.75. The number of fused-ring (bicyclic) bond motifs is 5. The predicted octanol–water partition coefficient (Wildman–Crippen LogP) is 3.74. The molecule has 3 aliphatic rings. The smallest absolute Gasteiger partial charge is 0.231 e. The Balaban J connectivity index is 1.26. The number of carbonyl (C=O) groups is 1. The van der Waals surface area contributed by atoms with E-state index < -0.39 is 9.84 Å². The zero-order chi connectivity index (χ0) is 24.0. The molecular weight excluding hydrogens is 466 g/mol.